The van der Waals surface area contributed by atoms with Gasteiger partial charge in [-0.2, -0.15) is 22.7 Å². The van der Waals surface area contributed by atoms with Crippen molar-refractivity contribution in [3.05, 3.63) is 17.6 Å². The quantitative estimate of drug-likeness (QED) is 0.829. The van der Waals surface area contributed by atoms with E-state index < -0.39 is 12.0 Å². The van der Waals surface area contributed by atoms with Crippen molar-refractivity contribution >= 4 is 11.6 Å². The third-order valence-electron chi connectivity index (χ3n) is 5.49. The molecule has 0 amide bonds. The molecule has 1 aliphatic heterocycles. The summed E-state index contributed by atoms with van der Waals surface area (Å²) >= 11 is 0. The zero-order valence-electron chi connectivity index (χ0n) is 14.5. The van der Waals surface area contributed by atoms with Crippen LogP contribution in [0.1, 0.15) is 31.8 Å². The Morgan fingerprint density at radius 1 is 1.32 bits per heavy atom. The van der Waals surface area contributed by atoms with Crippen molar-refractivity contribution in [3.8, 4) is 0 Å². The standard InChI is InChI=1S/C16H20F3N5O/c1-8-7-10(24-14(20-8)21-13(22-24)16(17,18)19)23(4)11-9-5-6-25-12(9)15(11,2)3/h7,9,11-12H,5-6H2,1-4H3. The number of fused-ring (bicyclic) bond motifs is 2. The Bertz CT molecular complexity index is 831. The van der Waals surface area contributed by atoms with E-state index in [1.54, 1.807) is 13.0 Å². The number of aryl methyl sites for hydroxylation is 1. The summed E-state index contributed by atoms with van der Waals surface area (Å²) in [6, 6.07) is 1.91. The molecule has 3 atom stereocenters. The molecule has 6 nitrogen and oxygen atoms in total. The van der Waals surface area contributed by atoms with E-state index in [2.05, 4.69) is 28.9 Å². The highest BCUT2D eigenvalue weighted by Gasteiger charge is 2.61. The number of halogens is 3. The summed E-state index contributed by atoms with van der Waals surface area (Å²) < 4.78 is 46.0. The summed E-state index contributed by atoms with van der Waals surface area (Å²) in [7, 11) is 1.89. The molecule has 4 rings (SSSR count). The summed E-state index contributed by atoms with van der Waals surface area (Å²) in [6.45, 7) is 6.74. The van der Waals surface area contributed by atoms with E-state index in [0.29, 0.717) is 17.4 Å². The highest BCUT2D eigenvalue weighted by molar-refractivity contribution is 5.49. The first-order chi connectivity index (χ1) is 11.6. The van der Waals surface area contributed by atoms with Crippen LogP contribution < -0.4 is 4.90 Å². The molecule has 2 aliphatic rings. The van der Waals surface area contributed by atoms with Crippen molar-refractivity contribution in [1.82, 2.24) is 19.6 Å². The number of nitrogens with zero attached hydrogens (tertiary/aromatic N) is 5. The van der Waals surface area contributed by atoms with Crippen LogP contribution in [0.5, 0.6) is 0 Å². The molecule has 3 unspecified atom stereocenters. The van der Waals surface area contributed by atoms with Crippen LogP contribution in [0, 0.1) is 18.3 Å². The summed E-state index contributed by atoms with van der Waals surface area (Å²) in [5.41, 5.74) is 0.513. The highest BCUT2D eigenvalue weighted by atomic mass is 19.4. The SMILES string of the molecule is Cc1cc(N(C)C2C3CCOC3C2(C)C)n2nc(C(F)(F)F)nc2n1. The molecule has 2 aromatic heterocycles. The number of anilines is 1. The molecule has 0 bridgehead atoms. The predicted molar refractivity (Wildman–Crippen MR) is 84.3 cm³/mol. The Hall–Kier alpha value is -1.90. The molecule has 3 heterocycles. The number of rotatable bonds is 2. The Balaban J connectivity index is 1.79. The van der Waals surface area contributed by atoms with Gasteiger partial charge < -0.3 is 9.64 Å². The zero-order chi connectivity index (χ0) is 18.1. The van der Waals surface area contributed by atoms with Crippen molar-refractivity contribution in [2.24, 2.45) is 11.3 Å². The second-order valence-electron chi connectivity index (χ2n) is 7.52. The van der Waals surface area contributed by atoms with Crippen LogP contribution in [0.3, 0.4) is 0 Å². The average molecular weight is 355 g/mol. The minimum atomic E-state index is -4.60. The van der Waals surface area contributed by atoms with Gasteiger partial charge in [0, 0.05) is 42.8 Å². The smallest absolute Gasteiger partial charge is 0.377 e. The van der Waals surface area contributed by atoms with Crippen LogP contribution in [-0.2, 0) is 10.9 Å². The molecular formula is C16H20F3N5O. The van der Waals surface area contributed by atoms with E-state index in [1.807, 2.05) is 11.9 Å². The summed E-state index contributed by atoms with van der Waals surface area (Å²) in [4.78, 5) is 9.66. The topological polar surface area (TPSA) is 55.6 Å². The maximum Gasteiger partial charge on any atom is 0.453 e. The summed E-state index contributed by atoms with van der Waals surface area (Å²) in [6.07, 6.45) is -3.45. The van der Waals surface area contributed by atoms with Crippen molar-refractivity contribution < 1.29 is 17.9 Å². The summed E-state index contributed by atoms with van der Waals surface area (Å²) in [5, 5.41) is 3.67. The third-order valence-corrected chi connectivity index (χ3v) is 5.49. The Kier molecular flexibility index (Phi) is 3.35. The molecule has 1 saturated heterocycles. The van der Waals surface area contributed by atoms with Crippen molar-refractivity contribution in [2.45, 2.75) is 45.5 Å². The van der Waals surface area contributed by atoms with Crippen molar-refractivity contribution in [3.63, 3.8) is 0 Å². The molecule has 2 aromatic rings. The lowest BCUT2D eigenvalue weighted by molar-refractivity contribution is -0.144. The maximum absolute atomic E-state index is 13.0. The zero-order valence-corrected chi connectivity index (χ0v) is 14.5. The highest BCUT2D eigenvalue weighted by Crippen LogP contribution is 2.54. The predicted octanol–water partition coefficient (Wildman–Crippen LogP) is 2.70. The monoisotopic (exact) mass is 355 g/mol. The molecule has 0 N–H and O–H groups in total. The largest absolute Gasteiger partial charge is 0.453 e. The van der Waals surface area contributed by atoms with Gasteiger partial charge >= 0.3 is 6.18 Å². The number of hydrogen-bond acceptors (Lipinski definition) is 5. The molecule has 9 heteroatoms. The second kappa shape index (κ2) is 5.06. The first-order valence-corrected chi connectivity index (χ1v) is 8.27. The molecule has 2 fully saturated rings. The Morgan fingerprint density at radius 2 is 2.04 bits per heavy atom. The van der Waals surface area contributed by atoms with Crippen LogP contribution in [0.15, 0.2) is 6.07 Å². The van der Waals surface area contributed by atoms with E-state index >= 15 is 0 Å². The second-order valence-corrected chi connectivity index (χ2v) is 7.52. The lowest BCUT2D eigenvalue weighted by Crippen LogP contribution is -2.66. The normalized spacial score (nSPS) is 28.0. The van der Waals surface area contributed by atoms with E-state index in [1.165, 1.54) is 4.52 Å². The van der Waals surface area contributed by atoms with Crippen LogP contribution in [0.2, 0.25) is 0 Å². The molecule has 1 aliphatic carbocycles. The number of aromatic nitrogens is 4. The Labute approximate surface area is 143 Å². The fourth-order valence-electron chi connectivity index (χ4n) is 4.57. The van der Waals surface area contributed by atoms with Crippen LogP contribution in [0.4, 0.5) is 19.0 Å². The van der Waals surface area contributed by atoms with E-state index in [-0.39, 0.29) is 23.3 Å². The summed E-state index contributed by atoms with van der Waals surface area (Å²) in [5.74, 6) is -0.274. The van der Waals surface area contributed by atoms with Crippen LogP contribution in [-0.4, -0.2) is 45.4 Å². The van der Waals surface area contributed by atoms with Gasteiger partial charge in [0.05, 0.1) is 6.10 Å². The fraction of sp³-hybridized carbons (Fsp3) is 0.688. The first-order valence-electron chi connectivity index (χ1n) is 8.27. The van der Waals surface area contributed by atoms with Gasteiger partial charge in [0.1, 0.15) is 5.82 Å². The number of alkyl halides is 3. The number of ether oxygens (including phenoxy) is 1. The maximum atomic E-state index is 13.0. The van der Waals surface area contributed by atoms with E-state index in [0.717, 1.165) is 13.0 Å². The molecule has 25 heavy (non-hydrogen) atoms. The van der Waals surface area contributed by atoms with E-state index in [4.69, 9.17) is 4.74 Å². The van der Waals surface area contributed by atoms with E-state index in [9.17, 15) is 13.2 Å². The van der Waals surface area contributed by atoms with Gasteiger partial charge in [-0.3, -0.25) is 0 Å². The van der Waals surface area contributed by atoms with Gasteiger partial charge in [-0.05, 0) is 13.3 Å². The molecule has 136 valence electrons. The minimum absolute atomic E-state index is 0.0365. The average Bonchev–Trinajstić information content (AvgIpc) is 3.10. The lowest BCUT2D eigenvalue weighted by atomic mass is 9.57. The minimum Gasteiger partial charge on any atom is -0.377 e. The van der Waals surface area contributed by atoms with Crippen molar-refractivity contribution in [1.29, 1.82) is 0 Å². The molecule has 0 radical (unpaired) electrons. The van der Waals surface area contributed by atoms with Gasteiger partial charge in [-0.25, -0.2) is 4.98 Å². The van der Waals surface area contributed by atoms with Gasteiger partial charge in [-0.1, -0.05) is 13.8 Å². The fourth-order valence-corrected chi connectivity index (χ4v) is 4.57. The van der Waals surface area contributed by atoms with Gasteiger partial charge in [0.15, 0.2) is 0 Å². The first kappa shape index (κ1) is 16.6. The Morgan fingerprint density at radius 3 is 2.72 bits per heavy atom. The van der Waals surface area contributed by atoms with Gasteiger partial charge in [0.25, 0.3) is 11.6 Å². The van der Waals surface area contributed by atoms with Crippen molar-refractivity contribution in [2.75, 3.05) is 18.6 Å². The molecule has 0 aromatic carbocycles. The number of hydrogen-bond donors (Lipinski definition) is 0. The molecule has 1 saturated carbocycles. The lowest BCUT2D eigenvalue weighted by Gasteiger charge is -2.58. The van der Waals surface area contributed by atoms with Crippen LogP contribution in [0.25, 0.3) is 5.78 Å². The molecular weight excluding hydrogens is 335 g/mol. The van der Waals surface area contributed by atoms with Gasteiger partial charge in [-0.15, -0.1) is 5.10 Å². The third kappa shape index (κ3) is 2.32. The molecule has 0 spiro atoms. The van der Waals surface area contributed by atoms with Gasteiger partial charge in [0.2, 0.25) is 0 Å². The van der Waals surface area contributed by atoms with Crippen LogP contribution >= 0.6 is 0 Å².